The van der Waals surface area contributed by atoms with Gasteiger partial charge >= 0.3 is 0 Å². The number of rotatable bonds is 7. The fourth-order valence-electron chi connectivity index (χ4n) is 1.79. The smallest absolute Gasteiger partial charge is 0.0351 e. The molecule has 0 rings (SSSR count). The fraction of sp³-hybridized carbons (Fsp3) is 0.846. The summed E-state index contributed by atoms with van der Waals surface area (Å²) in [5, 5.41) is 0. The lowest BCUT2D eigenvalue weighted by molar-refractivity contribution is 0.342. The Morgan fingerprint density at radius 1 is 1.08 bits per heavy atom. The van der Waals surface area contributed by atoms with Crippen molar-refractivity contribution in [1.82, 2.24) is 0 Å². The normalized spacial score (nSPS) is 14.2. The van der Waals surface area contributed by atoms with Gasteiger partial charge in [0.25, 0.3) is 0 Å². The van der Waals surface area contributed by atoms with Crippen LogP contribution in [-0.2, 0) is 0 Å². The number of hydrogen-bond donors (Lipinski definition) is 0. The molecule has 0 aliphatic heterocycles. The maximum Gasteiger partial charge on any atom is -0.0351 e. The molecule has 0 fully saturated rings. The molecule has 0 saturated heterocycles. The summed E-state index contributed by atoms with van der Waals surface area (Å²) < 4.78 is 0. The Bertz CT molecular complexity index is 122. The molecular formula is C13H26. The first kappa shape index (κ1) is 12.7. The molecule has 1 atom stereocenters. The number of allylic oxidation sites excluding steroid dienone is 2. The minimum atomic E-state index is 0.861. The zero-order chi connectivity index (χ0) is 10.1. The number of unbranched alkanes of at least 4 members (excludes halogenated alkanes) is 1. The second-order valence-electron chi connectivity index (χ2n) is 4.22. The maximum absolute atomic E-state index is 2.34. The quantitative estimate of drug-likeness (QED) is 0.392. The first-order chi connectivity index (χ1) is 6.22. The third-order valence-electron chi connectivity index (χ3n) is 2.82. The van der Waals surface area contributed by atoms with Crippen LogP contribution in [0.5, 0.6) is 0 Å². The summed E-state index contributed by atoms with van der Waals surface area (Å²) in [6.45, 7) is 9.19. The van der Waals surface area contributed by atoms with Crippen molar-refractivity contribution in [2.45, 2.75) is 59.8 Å². The average molecular weight is 182 g/mol. The minimum absolute atomic E-state index is 0.861. The standard InChI is InChI=1S/C13H26/c1-5-7-8-9-10-11-13(6-2)12(3)4/h7-8,12-13H,5-6,9-11H2,1-4H3. The van der Waals surface area contributed by atoms with E-state index in [-0.39, 0.29) is 0 Å². The van der Waals surface area contributed by atoms with Crippen LogP contribution in [0.25, 0.3) is 0 Å². The molecule has 0 aromatic carbocycles. The van der Waals surface area contributed by atoms with Gasteiger partial charge in [0, 0.05) is 0 Å². The van der Waals surface area contributed by atoms with Crippen molar-refractivity contribution >= 4 is 0 Å². The van der Waals surface area contributed by atoms with Crippen molar-refractivity contribution in [1.29, 1.82) is 0 Å². The van der Waals surface area contributed by atoms with E-state index >= 15 is 0 Å². The van der Waals surface area contributed by atoms with E-state index in [1.807, 2.05) is 0 Å². The summed E-state index contributed by atoms with van der Waals surface area (Å²) in [6.07, 6.45) is 11.2. The van der Waals surface area contributed by atoms with E-state index in [0.717, 1.165) is 11.8 Å². The molecule has 0 saturated carbocycles. The highest BCUT2D eigenvalue weighted by atomic mass is 14.1. The summed E-state index contributed by atoms with van der Waals surface area (Å²) in [5.41, 5.74) is 0. The van der Waals surface area contributed by atoms with Crippen LogP contribution < -0.4 is 0 Å². The van der Waals surface area contributed by atoms with E-state index in [0.29, 0.717) is 0 Å². The van der Waals surface area contributed by atoms with Gasteiger partial charge in [0.05, 0.1) is 0 Å². The zero-order valence-electron chi connectivity index (χ0n) is 9.84. The molecule has 13 heavy (non-hydrogen) atoms. The van der Waals surface area contributed by atoms with E-state index in [1.54, 1.807) is 0 Å². The number of hydrogen-bond acceptors (Lipinski definition) is 0. The van der Waals surface area contributed by atoms with Crippen molar-refractivity contribution < 1.29 is 0 Å². The highest BCUT2D eigenvalue weighted by molar-refractivity contribution is 4.80. The molecule has 0 aromatic heterocycles. The molecule has 0 radical (unpaired) electrons. The van der Waals surface area contributed by atoms with Crippen LogP contribution in [0.2, 0.25) is 0 Å². The fourth-order valence-corrected chi connectivity index (χ4v) is 1.79. The summed E-state index contributed by atoms with van der Waals surface area (Å²) in [6, 6.07) is 0. The minimum Gasteiger partial charge on any atom is -0.0888 e. The van der Waals surface area contributed by atoms with E-state index in [2.05, 4.69) is 39.8 Å². The van der Waals surface area contributed by atoms with Crippen LogP contribution in [0.15, 0.2) is 12.2 Å². The van der Waals surface area contributed by atoms with Gasteiger partial charge in [-0.05, 0) is 37.5 Å². The highest BCUT2D eigenvalue weighted by Gasteiger charge is 2.09. The van der Waals surface area contributed by atoms with Crippen molar-refractivity contribution in [3.63, 3.8) is 0 Å². The summed E-state index contributed by atoms with van der Waals surface area (Å²) in [4.78, 5) is 0. The van der Waals surface area contributed by atoms with Gasteiger partial charge in [0.2, 0.25) is 0 Å². The van der Waals surface area contributed by atoms with E-state index in [4.69, 9.17) is 0 Å². The lowest BCUT2D eigenvalue weighted by atomic mass is 9.88. The van der Waals surface area contributed by atoms with Gasteiger partial charge < -0.3 is 0 Å². The maximum atomic E-state index is 2.34. The summed E-state index contributed by atoms with van der Waals surface area (Å²) in [7, 11) is 0. The molecule has 0 aromatic rings. The van der Waals surface area contributed by atoms with Crippen molar-refractivity contribution in [2.75, 3.05) is 0 Å². The van der Waals surface area contributed by atoms with E-state index in [9.17, 15) is 0 Å². The Labute approximate surface area is 84.4 Å². The van der Waals surface area contributed by atoms with Gasteiger partial charge in [-0.25, -0.2) is 0 Å². The molecule has 0 amide bonds. The van der Waals surface area contributed by atoms with Gasteiger partial charge in [0.15, 0.2) is 0 Å². The average Bonchev–Trinajstić information content (AvgIpc) is 2.10. The zero-order valence-corrected chi connectivity index (χ0v) is 9.84. The molecule has 0 heterocycles. The predicted octanol–water partition coefficient (Wildman–Crippen LogP) is 4.81. The van der Waals surface area contributed by atoms with Gasteiger partial charge in [-0.3, -0.25) is 0 Å². The van der Waals surface area contributed by atoms with E-state index < -0.39 is 0 Å². The monoisotopic (exact) mass is 182 g/mol. The summed E-state index contributed by atoms with van der Waals surface area (Å²) >= 11 is 0. The van der Waals surface area contributed by atoms with Crippen LogP contribution >= 0.6 is 0 Å². The van der Waals surface area contributed by atoms with Crippen molar-refractivity contribution in [3.05, 3.63) is 12.2 Å². The van der Waals surface area contributed by atoms with Crippen LogP contribution in [0.3, 0.4) is 0 Å². The molecule has 0 bridgehead atoms. The first-order valence-electron chi connectivity index (χ1n) is 5.87. The van der Waals surface area contributed by atoms with Crippen LogP contribution in [0.1, 0.15) is 59.8 Å². The Morgan fingerprint density at radius 2 is 1.77 bits per heavy atom. The highest BCUT2D eigenvalue weighted by Crippen LogP contribution is 2.21. The van der Waals surface area contributed by atoms with Crippen molar-refractivity contribution in [3.8, 4) is 0 Å². The second-order valence-corrected chi connectivity index (χ2v) is 4.22. The van der Waals surface area contributed by atoms with E-state index in [1.165, 1.54) is 32.1 Å². The SMILES string of the molecule is CCC=CCCCC(CC)C(C)C. The molecule has 78 valence electrons. The molecule has 0 aliphatic carbocycles. The molecule has 0 nitrogen and oxygen atoms in total. The first-order valence-corrected chi connectivity index (χ1v) is 5.87. The second kappa shape index (κ2) is 8.34. The van der Waals surface area contributed by atoms with Crippen LogP contribution in [0.4, 0.5) is 0 Å². The molecule has 0 aliphatic rings. The molecule has 1 unspecified atom stereocenters. The predicted molar refractivity (Wildman–Crippen MR) is 61.9 cm³/mol. The molecule has 0 N–H and O–H groups in total. The van der Waals surface area contributed by atoms with Crippen LogP contribution in [0, 0.1) is 11.8 Å². The van der Waals surface area contributed by atoms with Crippen molar-refractivity contribution in [2.24, 2.45) is 11.8 Å². The van der Waals surface area contributed by atoms with Gasteiger partial charge in [-0.15, -0.1) is 0 Å². The Balaban J connectivity index is 3.44. The Morgan fingerprint density at radius 3 is 2.23 bits per heavy atom. The molecule has 0 spiro atoms. The molecular weight excluding hydrogens is 156 g/mol. The van der Waals surface area contributed by atoms with Crippen LogP contribution in [-0.4, -0.2) is 0 Å². The van der Waals surface area contributed by atoms with Gasteiger partial charge in [-0.2, -0.15) is 0 Å². The third kappa shape index (κ3) is 6.86. The Kier molecular flexibility index (Phi) is 8.18. The Hall–Kier alpha value is -0.260. The lowest BCUT2D eigenvalue weighted by Crippen LogP contribution is -2.06. The lowest BCUT2D eigenvalue weighted by Gasteiger charge is -2.18. The summed E-state index contributed by atoms with van der Waals surface area (Å²) in [5.74, 6) is 1.80. The van der Waals surface area contributed by atoms with Gasteiger partial charge in [0.1, 0.15) is 0 Å². The van der Waals surface area contributed by atoms with Gasteiger partial charge in [-0.1, -0.05) is 46.3 Å². The molecule has 0 heteroatoms. The topological polar surface area (TPSA) is 0 Å². The largest absolute Gasteiger partial charge is 0.0888 e. The third-order valence-corrected chi connectivity index (χ3v) is 2.82.